The van der Waals surface area contributed by atoms with Gasteiger partial charge in [-0.2, -0.15) is 5.10 Å². The van der Waals surface area contributed by atoms with E-state index in [0.29, 0.717) is 40.5 Å². The first-order chi connectivity index (χ1) is 13.5. The smallest absolute Gasteiger partial charge is 0.263 e. The van der Waals surface area contributed by atoms with Crippen LogP contribution in [-0.2, 0) is 4.79 Å². The van der Waals surface area contributed by atoms with Gasteiger partial charge in [0, 0.05) is 11.6 Å². The summed E-state index contributed by atoms with van der Waals surface area (Å²) in [5, 5.41) is 7.03. The molecule has 0 radical (unpaired) electrons. The molecule has 8 heteroatoms. The molecule has 1 heterocycles. The molecule has 3 aromatic rings. The van der Waals surface area contributed by atoms with E-state index in [1.807, 2.05) is 0 Å². The van der Waals surface area contributed by atoms with Gasteiger partial charge in [0.2, 0.25) is 0 Å². The molecule has 0 atom stereocenters. The van der Waals surface area contributed by atoms with Gasteiger partial charge < -0.3 is 14.8 Å². The van der Waals surface area contributed by atoms with Crippen LogP contribution in [0.1, 0.15) is 16.1 Å². The van der Waals surface area contributed by atoms with Gasteiger partial charge in [0.25, 0.3) is 5.91 Å². The van der Waals surface area contributed by atoms with E-state index in [0.717, 1.165) is 0 Å². The summed E-state index contributed by atoms with van der Waals surface area (Å²) in [6, 6.07) is 12.1. The van der Waals surface area contributed by atoms with E-state index >= 15 is 0 Å². The Morgan fingerprint density at radius 1 is 1.18 bits per heavy atom. The van der Waals surface area contributed by atoms with Crippen LogP contribution in [0.15, 0.2) is 48.5 Å². The lowest BCUT2D eigenvalue weighted by Crippen LogP contribution is -2.22. The van der Waals surface area contributed by atoms with E-state index < -0.39 is 5.91 Å². The first kappa shape index (κ1) is 19.1. The van der Waals surface area contributed by atoms with Crippen LogP contribution in [0.2, 0.25) is 0 Å². The predicted octanol–water partition coefficient (Wildman–Crippen LogP) is 3.16. The van der Waals surface area contributed by atoms with Gasteiger partial charge in [0.05, 0.1) is 18.5 Å². The van der Waals surface area contributed by atoms with Crippen molar-refractivity contribution in [2.45, 2.75) is 6.92 Å². The van der Waals surface area contributed by atoms with E-state index in [2.05, 4.69) is 10.4 Å². The summed E-state index contributed by atoms with van der Waals surface area (Å²) in [5.74, 6) is 0.350. The van der Waals surface area contributed by atoms with Gasteiger partial charge in [-0.05, 0) is 49.4 Å². The highest BCUT2D eigenvalue weighted by Gasteiger charge is 2.13. The topological polar surface area (TPSA) is 82.4 Å². The van der Waals surface area contributed by atoms with Gasteiger partial charge in [0.1, 0.15) is 17.9 Å². The maximum atomic E-state index is 13.1. The lowest BCUT2D eigenvalue weighted by Gasteiger charge is -2.12. The van der Waals surface area contributed by atoms with E-state index in [1.165, 1.54) is 30.0 Å². The van der Waals surface area contributed by atoms with E-state index in [1.54, 1.807) is 37.3 Å². The largest absolute Gasteiger partial charge is 0.493 e. The predicted molar refractivity (Wildman–Crippen MR) is 101 cm³/mol. The highest BCUT2D eigenvalue weighted by molar-refractivity contribution is 5.91. The molecule has 3 rings (SSSR count). The van der Waals surface area contributed by atoms with Crippen LogP contribution in [0, 0.1) is 12.7 Å². The number of aryl methyl sites for hydroxylation is 1. The maximum absolute atomic E-state index is 13.1. The average Bonchev–Trinajstić information content (AvgIpc) is 3.06. The van der Waals surface area contributed by atoms with Crippen molar-refractivity contribution in [1.29, 1.82) is 0 Å². The van der Waals surface area contributed by atoms with Crippen LogP contribution in [0.5, 0.6) is 11.5 Å². The molecule has 2 aromatic carbocycles. The summed E-state index contributed by atoms with van der Waals surface area (Å²) >= 11 is 0. The first-order valence-corrected chi connectivity index (χ1v) is 8.38. The molecule has 0 saturated heterocycles. The number of hydrogen-bond acceptors (Lipinski definition) is 5. The van der Waals surface area contributed by atoms with Crippen molar-refractivity contribution in [1.82, 2.24) is 9.78 Å². The minimum atomic E-state index is -0.412. The lowest BCUT2D eigenvalue weighted by atomic mass is 10.2. The van der Waals surface area contributed by atoms with Crippen molar-refractivity contribution in [2.24, 2.45) is 0 Å². The number of carbonyl (C=O) groups is 2. The summed E-state index contributed by atoms with van der Waals surface area (Å²) in [5.41, 5.74) is 1.73. The Bertz CT molecular complexity index is 999. The Labute approximate surface area is 160 Å². The highest BCUT2D eigenvalue weighted by atomic mass is 19.1. The SMILES string of the molecule is COc1cc(C=O)ccc1OCC(=O)Nc1cc(C)nn1-c1ccc(F)cc1. The minimum Gasteiger partial charge on any atom is -0.493 e. The number of benzene rings is 2. The Morgan fingerprint density at radius 3 is 2.61 bits per heavy atom. The molecule has 0 bridgehead atoms. The summed E-state index contributed by atoms with van der Waals surface area (Å²) in [7, 11) is 1.45. The average molecular weight is 383 g/mol. The van der Waals surface area contributed by atoms with E-state index in [9.17, 15) is 14.0 Å². The van der Waals surface area contributed by atoms with Gasteiger partial charge in [-0.15, -0.1) is 0 Å². The van der Waals surface area contributed by atoms with Gasteiger partial charge >= 0.3 is 0 Å². The van der Waals surface area contributed by atoms with Crippen molar-refractivity contribution >= 4 is 18.0 Å². The number of nitrogens with zero attached hydrogens (tertiary/aromatic N) is 2. The second kappa shape index (κ2) is 8.34. The second-order valence-electron chi connectivity index (χ2n) is 5.92. The standard InChI is InChI=1S/C20H18FN3O4/c1-13-9-19(24(23-13)16-6-4-15(21)5-7-16)22-20(26)12-28-17-8-3-14(11-25)10-18(17)27-2/h3-11H,12H2,1-2H3,(H,22,26). The second-order valence-corrected chi connectivity index (χ2v) is 5.92. The third kappa shape index (κ3) is 4.35. The Morgan fingerprint density at radius 2 is 1.93 bits per heavy atom. The van der Waals surface area contributed by atoms with Crippen molar-refractivity contribution in [3.63, 3.8) is 0 Å². The fourth-order valence-electron chi connectivity index (χ4n) is 2.57. The van der Waals surface area contributed by atoms with Crippen molar-refractivity contribution < 1.29 is 23.5 Å². The molecule has 28 heavy (non-hydrogen) atoms. The molecule has 0 fully saturated rings. The number of hydrogen-bond donors (Lipinski definition) is 1. The number of aromatic nitrogens is 2. The number of methoxy groups -OCH3 is 1. The van der Waals surface area contributed by atoms with Crippen LogP contribution in [0.3, 0.4) is 0 Å². The van der Waals surface area contributed by atoms with Crippen molar-refractivity contribution in [3.8, 4) is 17.2 Å². The van der Waals surface area contributed by atoms with Crippen LogP contribution in [-0.4, -0.2) is 35.7 Å². The van der Waals surface area contributed by atoms with Gasteiger partial charge in [0.15, 0.2) is 18.1 Å². The zero-order valence-corrected chi connectivity index (χ0v) is 15.3. The molecule has 0 aliphatic heterocycles. The monoisotopic (exact) mass is 383 g/mol. The van der Waals surface area contributed by atoms with Gasteiger partial charge in [-0.25, -0.2) is 9.07 Å². The Hall–Kier alpha value is -3.68. The molecular weight excluding hydrogens is 365 g/mol. The van der Waals surface area contributed by atoms with Gasteiger partial charge in [-0.1, -0.05) is 0 Å². The number of ether oxygens (including phenoxy) is 2. The van der Waals surface area contributed by atoms with E-state index in [4.69, 9.17) is 9.47 Å². The van der Waals surface area contributed by atoms with Crippen LogP contribution in [0.4, 0.5) is 10.2 Å². The normalized spacial score (nSPS) is 10.4. The number of aldehydes is 1. The number of carbonyl (C=O) groups excluding carboxylic acids is 2. The minimum absolute atomic E-state index is 0.273. The quantitative estimate of drug-likeness (QED) is 0.634. The maximum Gasteiger partial charge on any atom is 0.263 e. The molecule has 1 amide bonds. The van der Waals surface area contributed by atoms with Crippen molar-refractivity contribution in [2.75, 3.05) is 19.0 Å². The molecule has 0 unspecified atom stereocenters. The fourth-order valence-corrected chi connectivity index (χ4v) is 2.57. The summed E-state index contributed by atoms with van der Waals surface area (Å²) < 4.78 is 25.3. The number of anilines is 1. The number of halogens is 1. The summed E-state index contributed by atoms with van der Waals surface area (Å²) in [6.45, 7) is 1.51. The fraction of sp³-hybridized carbons (Fsp3) is 0.150. The number of rotatable bonds is 7. The zero-order valence-electron chi connectivity index (χ0n) is 15.3. The molecule has 0 aliphatic rings. The lowest BCUT2D eigenvalue weighted by molar-refractivity contribution is -0.118. The Kier molecular flexibility index (Phi) is 5.69. The molecule has 144 valence electrons. The Balaban J connectivity index is 1.71. The third-order valence-electron chi connectivity index (χ3n) is 3.85. The molecule has 1 N–H and O–H groups in total. The molecule has 1 aromatic heterocycles. The van der Waals surface area contributed by atoms with Gasteiger partial charge in [-0.3, -0.25) is 9.59 Å². The summed E-state index contributed by atoms with van der Waals surface area (Å²) in [4.78, 5) is 23.2. The highest BCUT2D eigenvalue weighted by Crippen LogP contribution is 2.27. The number of amides is 1. The number of nitrogens with one attached hydrogen (secondary N) is 1. The molecule has 0 spiro atoms. The zero-order chi connectivity index (χ0) is 20.1. The summed E-state index contributed by atoms with van der Waals surface area (Å²) in [6.07, 6.45) is 0.692. The molecule has 0 aliphatic carbocycles. The third-order valence-corrected chi connectivity index (χ3v) is 3.85. The van der Waals surface area contributed by atoms with E-state index in [-0.39, 0.29) is 12.4 Å². The van der Waals surface area contributed by atoms with Crippen LogP contribution >= 0.6 is 0 Å². The van der Waals surface area contributed by atoms with Crippen LogP contribution < -0.4 is 14.8 Å². The molecule has 7 nitrogen and oxygen atoms in total. The van der Waals surface area contributed by atoms with Crippen LogP contribution in [0.25, 0.3) is 5.69 Å². The molecule has 0 saturated carbocycles. The van der Waals surface area contributed by atoms with Crippen molar-refractivity contribution in [3.05, 3.63) is 65.6 Å². The molecular formula is C20H18FN3O4. The first-order valence-electron chi connectivity index (χ1n) is 8.38.